The molecule has 0 bridgehead atoms. The molecule has 1 N–H and O–H groups in total. The molecule has 92 valence electrons. The highest BCUT2D eigenvalue weighted by atomic mass is 16.2. The van der Waals surface area contributed by atoms with Crippen molar-refractivity contribution in [3.8, 4) is 0 Å². The van der Waals surface area contributed by atoms with Gasteiger partial charge in [-0.05, 0) is 31.2 Å². The third-order valence-corrected chi connectivity index (χ3v) is 3.85. The van der Waals surface area contributed by atoms with E-state index in [0.29, 0.717) is 0 Å². The molecule has 0 atom stereocenters. The largest absolute Gasteiger partial charge is 0.396 e. The van der Waals surface area contributed by atoms with Gasteiger partial charge < -0.3 is 9.50 Å². The molecule has 0 amide bonds. The van der Waals surface area contributed by atoms with Gasteiger partial charge in [0.15, 0.2) is 0 Å². The van der Waals surface area contributed by atoms with Gasteiger partial charge in [-0.1, -0.05) is 24.3 Å². The lowest BCUT2D eigenvalue weighted by Gasteiger charge is -2.39. The first-order chi connectivity index (χ1) is 8.22. The van der Waals surface area contributed by atoms with Crippen molar-refractivity contribution in [3.63, 3.8) is 0 Å². The molecule has 1 heterocycles. The van der Waals surface area contributed by atoms with E-state index in [0.717, 1.165) is 13.0 Å². The predicted molar refractivity (Wildman–Crippen MR) is 73.3 cm³/mol. The molecule has 2 rings (SSSR count). The number of hydrogen-bond donors (Lipinski definition) is 1. The third kappa shape index (κ3) is 3.58. The summed E-state index contributed by atoms with van der Waals surface area (Å²) in [5.74, 6) is 0. The van der Waals surface area contributed by atoms with Crippen LogP contribution in [0, 0.1) is 0 Å². The van der Waals surface area contributed by atoms with Crippen LogP contribution in [-0.4, -0.2) is 37.2 Å². The van der Waals surface area contributed by atoms with Crippen LogP contribution in [-0.2, 0) is 13.0 Å². The number of quaternary nitrogens is 1. The summed E-state index contributed by atoms with van der Waals surface area (Å²) in [4.78, 5) is 0. The molecule has 1 aromatic rings. The number of likely N-dealkylation sites (tertiary alicyclic amines) is 1. The summed E-state index contributed by atoms with van der Waals surface area (Å²) in [6.45, 7) is 4.00. The van der Waals surface area contributed by atoms with E-state index < -0.39 is 0 Å². The number of piperidine rings is 1. The average Bonchev–Trinajstić information content (AvgIpc) is 2.30. The predicted octanol–water partition coefficient (Wildman–Crippen LogP) is 1.27. The molecule has 2 nitrogen and oxygen atoms in total. The van der Waals surface area contributed by atoms with Gasteiger partial charge in [-0.15, -0.1) is 0 Å². The topological polar surface area (TPSA) is 20.2 Å². The summed E-state index contributed by atoms with van der Waals surface area (Å²) in [5.41, 5.74) is 2.67. The van der Waals surface area contributed by atoms with Crippen molar-refractivity contribution in [2.24, 2.45) is 0 Å². The molecule has 0 aliphatic carbocycles. The standard InChI is InChI=1S/C14H23BNO/c15-16(8-2-1-3-9-16)12-14-6-4-5-13(11-14)7-10-17/h4-6,11,17H,1-3,7-10,12,15H2/q+1. The van der Waals surface area contributed by atoms with E-state index in [-0.39, 0.29) is 6.61 Å². The molecule has 3 heteroatoms. The Bertz CT molecular complexity index is 361. The number of hydrogen-bond acceptors (Lipinski definition) is 1. The summed E-state index contributed by atoms with van der Waals surface area (Å²) < 4.78 is 1.18. The number of aliphatic hydroxyl groups excluding tert-OH is 1. The Labute approximate surface area is 105 Å². The van der Waals surface area contributed by atoms with Crippen LogP contribution in [0.4, 0.5) is 0 Å². The van der Waals surface area contributed by atoms with Gasteiger partial charge in [0.25, 0.3) is 0 Å². The van der Waals surface area contributed by atoms with E-state index in [9.17, 15) is 0 Å². The van der Waals surface area contributed by atoms with Crippen LogP contribution in [0.2, 0.25) is 0 Å². The van der Waals surface area contributed by atoms with Gasteiger partial charge in [0.05, 0.1) is 19.6 Å². The second-order valence-electron chi connectivity index (χ2n) is 5.58. The smallest absolute Gasteiger partial charge is 0.373 e. The lowest BCUT2D eigenvalue weighted by molar-refractivity contribution is -0.836. The first kappa shape index (κ1) is 12.7. The number of nitrogens with zero attached hydrogens (tertiary/aromatic N) is 1. The van der Waals surface area contributed by atoms with E-state index >= 15 is 0 Å². The van der Waals surface area contributed by atoms with Gasteiger partial charge in [0.1, 0.15) is 0 Å². The Morgan fingerprint density at radius 1 is 1.12 bits per heavy atom. The van der Waals surface area contributed by atoms with E-state index in [2.05, 4.69) is 32.2 Å². The summed E-state index contributed by atoms with van der Waals surface area (Å²) in [5, 5.41) is 8.98. The zero-order valence-corrected chi connectivity index (χ0v) is 10.9. The van der Waals surface area contributed by atoms with Crippen LogP contribution >= 0.6 is 0 Å². The van der Waals surface area contributed by atoms with E-state index in [4.69, 9.17) is 5.11 Å². The van der Waals surface area contributed by atoms with Gasteiger partial charge in [0.2, 0.25) is 0 Å². The zero-order chi connectivity index (χ0) is 12.1. The van der Waals surface area contributed by atoms with Gasteiger partial charge in [-0.3, -0.25) is 0 Å². The van der Waals surface area contributed by atoms with Crippen LogP contribution in [0.1, 0.15) is 30.4 Å². The fourth-order valence-corrected chi connectivity index (χ4v) is 2.89. The molecular formula is C14H23BNO+. The first-order valence-corrected chi connectivity index (χ1v) is 6.74. The molecule has 0 saturated carbocycles. The van der Waals surface area contributed by atoms with Crippen LogP contribution in [0.5, 0.6) is 0 Å². The maximum absolute atomic E-state index is 8.98. The molecular weight excluding hydrogens is 209 g/mol. The minimum absolute atomic E-state index is 0.246. The molecule has 1 fully saturated rings. The molecule has 1 aliphatic heterocycles. The van der Waals surface area contributed by atoms with Crippen molar-refractivity contribution in [3.05, 3.63) is 35.4 Å². The average molecular weight is 232 g/mol. The Balaban J connectivity index is 2.04. The van der Waals surface area contributed by atoms with Gasteiger partial charge >= 0.3 is 7.98 Å². The Morgan fingerprint density at radius 3 is 2.53 bits per heavy atom. The molecule has 0 aromatic heterocycles. The Morgan fingerprint density at radius 2 is 1.82 bits per heavy atom. The SMILES string of the molecule is B[N+]1(Cc2cccc(CCO)c2)CCCCC1. The maximum Gasteiger partial charge on any atom is 0.373 e. The fraction of sp³-hybridized carbons (Fsp3) is 0.571. The lowest BCUT2D eigenvalue weighted by Crippen LogP contribution is -2.48. The number of rotatable bonds is 4. The van der Waals surface area contributed by atoms with Gasteiger partial charge in [-0.2, -0.15) is 0 Å². The Hall–Kier alpha value is -0.795. The summed E-state index contributed by atoms with van der Waals surface area (Å²) >= 11 is 0. The summed E-state index contributed by atoms with van der Waals surface area (Å²) in [6, 6.07) is 8.71. The summed E-state index contributed by atoms with van der Waals surface area (Å²) in [7, 11) is 2.37. The zero-order valence-electron chi connectivity index (χ0n) is 10.9. The summed E-state index contributed by atoms with van der Waals surface area (Å²) in [6.07, 6.45) is 4.91. The van der Waals surface area contributed by atoms with Crippen molar-refractivity contribution in [1.82, 2.24) is 0 Å². The van der Waals surface area contributed by atoms with Crippen LogP contribution < -0.4 is 0 Å². The van der Waals surface area contributed by atoms with Crippen molar-refractivity contribution in [1.29, 1.82) is 0 Å². The monoisotopic (exact) mass is 232 g/mol. The molecule has 0 spiro atoms. The van der Waals surface area contributed by atoms with Crippen LogP contribution in [0.15, 0.2) is 24.3 Å². The molecule has 1 aromatic carbocycles. The van der Waals surface area contributed by atoms with E-state index in [1.807, 2.05) is 0 Å². The minimum Gasteiger partial charge on any atom is -0.396 e. The van der Waals surface area contributed by atoms with Crippen molar-refractivity contribution < 1.29 is 9.50 Å². The normalized spacial score (nSPS) is 19.1. The molecule has 1 saturated heterocycles. The van der Waals surface area contributed by atoms with Gasteiger partial charge in [0, 0.05) is 12.2 Å². The quantitative estimate of drug-likeness (QED) is 0.775. The maximum atomic E-state index is 8.98. The van der Waals surface area contributed by atoms with Crippen LogP contribution in [0.25, 0.3) is 0 Å². The fourth-order valence-electron chi connectivity index (χ4n) is 2.89. The third-order valence-electron chi connectivity index (χ3n) is 3.85. The van der Waals surface area contributed by atoms with E-state index in [1.54, 1.807) is 0 Å². The second-order valence-corrected chi connectivity index (χ2v) is 5.58. The highest BCUT2D eigenvalue weighted by Crippen LogP contribution is 2.20. The lowest BCUT2D eigenvalue weighted by atomic mass is 9.98. The first-order valence-electron chi connectivity index (χ1n) is 6.74. The van der Waals surface area contributed by atoms with Crippen LogP contribution in [0.3, 0.4) is 0 Å². The number of aliphatic hydroxyl groups is 1. The van der Waals surface area contributed by atoms with Gasteiger partial charge in [-0.25, -0.2) is 0 Å². The highest BCUT2D eigenvalue weighted by molar-refractivity contribution is 5.97. The van der Waals surface area contributed by atoms with E-state index in [1.165, 1.54) is 47.9 Å². The van der Waals surface area contributed by atoms with Crippen molar-refractivity contribution in [2.45, 2.75) is 32.2 Å². The van der Waals surface area contributed by atoms with Crippen molar-refractivity contribution in [2.75, 3.05) is 19.7 Å². The second kappa shape index (κ2) is 5.70. The van der Waals surface area contributed by atoms with Crippen molar-refractivity contribution >= 4 is 7.98 Å². The molecule has 0 unspecified atom stereocenters. The molecule has 0 radical (unpaired) electrons. The highest BCUT2D eigenvalue weighted by Gasteiger charge is 2.24. The minimum atomic E-state index is 0.246. The number of benzene rings is 1. The molecule has 17 heavy (non-hydrogen) atoms. The Kier molecular flexibility index (Phi) is 4.24. The molecule has 1 aliphatic rings.